The van der Waals surface area contributed by atoms with Gasteiger partial charge < -0.3 is 0 Å². The predicted molar refractivity (Wildman–Crippen MR) is 56.5 cm³/mol. The van der Waals surface area contributed by atoms with Gasteiger partial charge >= 0.3 is 10.3 Å². The molecule has 84 valence electrons. The molecule has 0 unspecified atom stereocenters. The average Bonchev–Trinajstić information content (AvgIpc) is 2.70. The van der Waals surface area contributed by atoms with Crippen molar-refractivity contribution in [2.45, 2.75) is 19.3 Å². The van der Waals surface area contributed by atoms with Gasteiger partial charge in [-0.15, -0.1) is 6.58 Å². The van der Waals surface area contributed by atoms with Crippen LogP contribution in [0.25, 0.3) is 0 Å². The fraction of sp³-hybridized carbons (Fsp3) is 0.444. The van der Waals surface area contributed by atoms with Crippen molar-refractivity contribution >= 4 is 10.3 Å². The molecule has 0 fully saturated rings. The Labute approximate surface area is 89.7 Å². The first-order valence-corrected chi connectivity index (χ1v) is 6.02. The fourth-order valence-corrected chi connectivity index (χ4v) is 1.82. The van der Waals surface area contributed by atoms with Crippen LogP contribution >= 0.6 is 0 Å². The largest absolute Gasteiger partial charge is 0.367 e. The highest BCUT2D eigenvalue weighted by molar-refractivity contribution is 7.85. The zero-order valence-electron chi connectivity index (χ0n) is 8.37. The van der Waals surface area contributed by atoms with Crippen LogP contribution in [0.4, 0.5) is 0 Å². The van der Waals surface area contributed by atoms with E-state index >= 15 is 0 Å². The lowest BCUT2D eigenvalue weighted by molar-refractivity contribution is 0.304. The minimum Gasteiger partial charge on any atom is -0.253 e. The highest BCUT2D eigenvalue weighted by Crippen LogP contribution is 2.02. The van der Waals surface area contributed by atoms with E-state index in [1.54, 1.807) is 6.08 Å². The summed E-state index contributed by atoms with van der Waals surface area (Å²) in [7, 11) is -3.68. The van der Waals surface area contributed by atoms with E-state index in [4.69, 9.17) is 4.18 Å². The van der Waals surface area contributed by atoms with Crippen LogP contribution in [0.1, 0.15) is 19.3 Å². The van der Waals surface area contributed by atoms with Gasteiger partial charge in [-0.2, -0.15) is 8.42 Å². The molecule has 0 spiro atoms. The fourth-order valence-electron chi connectivity index (χ4n) is 0.995. The third-order valence-electron chi connectivity index (χ3n) is 1.77. The van der Waals surface area contributed by atoms with Crippen molar-refractivity contribution in [3.63, 3.8) is 0 Å². The molecule has 0 atom stereocenters. The van der Waals surface area contributed by atoms with Gasteiger partial charge in [0.15, 0.2) is 0 Å². The Morgan fingerprint density at radius 3 is 2.87 bits per heavy atom. The maximum Gasteiger partial charge on any atom is 0.367 e. The summed E-state index contributed by atoms with van der Waals surface area (Å²) in [5, 5.41) is 0. The molecule has 0 saturated carbocycles. The molecule has 1 heterocycles. The molecule has 0 aliphatic rings. The first kappa shape index (κ1) is 11.9. The predicted octanol–water partition coefficient (Wildman–Crippen LogP) is 1.35. The van der Waals surface area contributed by atoms with Gasteiger partial charge in [0.1, 0.15) is 6.33 Å². The van der Waals surface area contributed by atoms with E-state index in [1.165, 1.54) is 18.7 Å². The molecular weight excluding hydrogens is 216 g/mol. The molecular formula is C9H14N2O3S. The third-order valence-corrected chi connectivity index (χ3v) is 2.97. The van der Waals surface area contributed by atoms with Crippen molar-refractivity contribution in [3.8, 4) is 0 Å². The first-order valence-electron chi connectivity index (χ1n) is 4.65. The standard InChI is InChI=1S/C9H14N2O3S/c1-2-3-4-5-8-14-15(12,13)11-7-6-10-9-11/h2,6-7,9H,1,3-5,8H2. The van der Waals surface area contributed by atoms with E-state index in [0.717, 1.165) is 16.8 Å². The minimum atomic E-state index is -3.68. The van der Waals surface area contributed by atoms with E-state index in [9.17, 15) is 8.42 Å². The van der Waals surface area contributed by atoms with Crippen molar-refractivity contribution in [3.05, 3.63) is 31.4 Å². The van der Waals surface area contributed by atoms with Crippen LogP contribution in [0.2, 0.25) is 0 Å². The van der Waals surface area contributed by atoms with Gasteiger partial charge in [-0.1, -0.05) is 6.08 Å². The lowest BCUT2D eigenvalue weighted by Crippen LogP contribution is -2.15. The Balaban J connectivity index is 2.35. The van der Waals surface area contributed by atoms with Crippen molar-refractivity contribution in [2.24, 2.45) is 0 Å². The summed E-state index contributed by atoms with van der Waals surface area (Å²) in [5.74, 6) is 0. The van der Waals surface area contributed by atoms with Crippen molar-refractivity contribution in [1.82, 2.24) is 8.96 Å². The van der Waals surface area contributed by atoms with E-state index in [0.29, 0.717) is 6.42 Å². The Bertz CT molecular complexity index is 383. The molecule has 6 heteroatoms. The molecule has 0 N–H and O–H groups in total. The highest BCUT2D eigenvalue weighted by atomic mass is 32.2. The summed E-state index contributed by atoms with van der Waals surface area (Å²) in [5.41, 5.74) is 0. The van der Waals surface area contributed by atoms with E-state index in [1.807, 2.05) is 0 Å². The summed E-state index contributed by atoms with van der Waals surface area (Å²) < 4.78 is 28.5. The quantitative estimate of drug-likeness (QED) is 0.524. The summed E-state index contributed by atoms with van der Waals surface area (Å²) in [4.78, 5) is 3.64. The number of rotatable bonds is 7. The number of aromatic nitrogens is 2. The number of hydrogen-bond donors (Lipinski definition) is 0. The second kappa shape index (κ2) is 5.67. The second-order valence-corrected chi connectivity index (χ2v) is 4.47. The summed E-state index contributed by atoms with van der Waals surface area (Å²) >= 11 is 0. The molecule has 0 amide bonds. The van der Waals surface area contributed by atoms with Gasteiger partial charge in [-0.05, 0) is 19.3 Å². The van der Waals surface area contributed by atoms with E-state index < -0.39 is 10.3 Å². The van der Waals surface area contributed by atoms with Gasteiger partial charge in [-0.3, -0.25) is 4.18 Å². The van der Waals surface area contributed by atoms with Crippen LogP contribution in [0.3, 0.4) is 0 Å². The molecule has 0 aromatic carbocycles. The number of nitrogens with zero attached hydrogens (tertiary/aromatic N) is 2. The summed E-state index contributed by atoms with van der Waals surface area (Å²) in [6.45, 7) is 3.77. The Hall–Kier alpha value is -1.14. The van der Waals surface area contributed by atoms with Crippen molar-refractivity contribution in [2.75, 3.05) is 6.61 Å². The smallest absolute Gasteiger partial charge is 0.253 e. The molecule has 0 aliphatic heterocycles. The first-order chi connectivity index (χ1) is 7.17. The summed E-state index contributed by atoms with van der Waals surface area (Å²) in [6, 6.07) is 0. The van der Waals surface area contributed by atoms with Gasteiger partial charge in [-0.25, -0.2) is 8.96 Å². The van der Waals surface area contributed by atoms with Crippen molar-refractivity contribution in [1.29, 1.82) is 0 Å². The lowest BCUT2D eigenvalue weighted by atomic mass is 10.2. The van der Waals surface area contributed by atoms with Gasteiger partial charge in [0.25, 0.3) is 0 Å². The molecule has 5 nitrogen and oxygen atoms in total. The molecule has 1 aromatic heterocycles. The second-order valence-electron chi connectivity index (χ2n) is 2.96. The van der Waals surface area contributed by atoms with Crippen LogP contribution in [-0.4, -0.2) is 24.0 Å². The third kappa shape index (κ3) is 3.85. The molecule has 0 bridgehead atoms. The number of imidazole rings is 1. The zero-order valence-corrected chi connectivity index (χ0v) is 9.19. The Morgan fingerprint density at radius 1 is 1.47 bits per heavy atom. The van der Waals surface area contributed by atoms with Crippen LogP contribution < -0.4 is 0 Å². The maximum absolute atomic E-state index is 11.4. The highest BCUT2D eigenvalue weighted by Gasteiger charge is 2.11. The molecule has 0 radical (unpaired) electrons. The summed E-state index contributed by atoms with van der Waals surface area (Å²) in [6.07, 6.45) is 8.15. The number of unbranched alkanes of at least 4 members (excludes halogenated alkanes) is 2. The molecule has 1 aromatic rings. The lowest BCUT2D eigenvalue weighted by Gasteiger charge is -2.04. The SMILES string of the molecule is C=CCCCCOS(=O)(=O)n1ccnc1. The van der Waals surface area contributed by atoms with Gasteiger partial charge in [0, 0.05) is 12.4 Å². The van der Waals surface area contributed by atoms with Crippen LogP contribution in [0.15, 0.2) is 31.4 Å². The zero-order chi connectivity index (χ0) is 11.1. The van der Waals surface area contributed by atoms with Gasteiger partial charge in [0.05, 0.1) is 6.61 Å². The number of allylic oxidation sites excluding steroid dienone is 1. The van der Waals surface area contributed by atoms with E-state index in [-0.39, 0.29) is 6.61 Å². The van der Waals surface area contributed by atoms with Crippen LogP contribution in [0, 0.1) is 0 Å². The maximum atomic E-state index is 11.4. The monoisotopic (exact) mass is 230 g/mol. The molecule has 0 aliphatic carbocycles. The van der Waals surface area contributed by atoms with Crippen LogP contribution in [-0.2, 0) is 14.5 Å². The Kier molecular flexibility index (Phi) is 4.51. The normalized spacial score (nSPS) is 11.5. The Morgan fingerprint density at radius 2 is 2.27 bits per heavy atom. The van der Waals surface area contributed by atoms with E-state index in [2.05, 4.69) is 11.6 Å². The molecule has 15 heavy (non-hydrogen) atoms. The van der Waals surface area contributed by atoms with Crippen molar-refractivity contribution < 1.29 is 12.6 Å². The van der Waals surface area contributed by atoms with Gasteiger partial charge in [0.2, 0.25) is 0 Å². The number of hydrogen-bond acceptors (Lipinski definition) is 4. The molecule has 1 rings (SSSR count). The van der Waals surface area contributed by atoms with Crippen LogP contribution in [0.5, 0.6) is 0 Å². The molecule has 0 saturated heterocycles. The topological polar surface area (TPSA) is 61.2 Å². The average molecular weight is 230 g/mol. The minimum absolute atomic E-state index is 0.189.